The number of hydrogen-bond acceptors (Lipinski definition) is 24. The monoisotopic (exact) mass is 957 g/mol. The molecule has 4 aromatic rings. The van der Waals surface area contributed by atoms with E-state index in [1.54, 1.807) is 0 Å². The van der Waals surface area contributed by atoms with Crippen molar-refractivity contribution in [3.63, 3.8) is 0 Å². The molecule has 31 heteroatoms. The van der Waals surface area contributed by atoms with Crippen LogP contribution >= 0.6 is 24.6 Å². The first-order valence-corrected chi connectivity index (χ1v) is 21.2. The van der Waals surface area contributed by atoms with Crippen molar-refractivity contribution in [2.45, 2.75) is 14.7 Å². The van der Waals surface area contributed by atoms with Crippen LogP contribution in [0.2, 0.25) is 0 Å². The number of nitrogen functional groups attached to an aromatic ring is 2. The van der Waals surface area contributed by atoms with Crippen molar-refractivity contribution in [2.24, 2.45) is 20.5 Å². The van der Waals surface area contributed by atoms with E-state index in [1.165, 1.54) is 72.8 Å². The Morgan fingerprint density at radius 2 is 1.23 bits per heavy atom. The second kappa shape index (κ2) is 26.8. The Bertz CT molecular complexity index is 2460. The molecule has 0 heterocycles. The van der Waals surface area contributed by atoms with Gasteiger partial charge in [-0.15, -0.1) is 18.9 Å². The van der Waals surface area contributed by atoms with Gasteiger partial charge in [0.1, 0.15) is 21.5 Å². The Labute approximate surface area is 417 Å². The number of anilines is 3. The van der Waals surface area contributed by atoms with E-state index in [0.29, 0.717) is 0 Å². The Kier molecular flexibility index (Phi) is 25.2. The fourth-order valence-corrected chi connectivity index (χ4v) is 7.81. The summed E-state index contributed by atoms with van der Waals surface area (Å²) in [5.74, 6) is -1.66. The maximum Gasteiger partial charge on any atom is 1.00 e. The summed E-state index contributed by atoms with van der Waals surface area (Å²) < 4.78 is 104. The Hall–Kier alpha value is -1.66. The number of sulfone groups is 2. The molecule has 0 aromatic heterocycles. The van der Waals surface area contributed by atoms with Gasteiger partial charge in [-0.2, -0.15) is 10.2 Å². The van der Waals surface area contributed by atoms with Crippen molar-refractivity contribution >= 4 is 100 Å². The summed E-state index contributed by atoms with van der Waals surface area (Å²) in [5.41, 5.74) is 10.6. The average molecular weight is 958 g/mol. The smallest absolute Gasteiger partial charge is 0.744 e. The third-order valence-electron chi connectivity index (χ3n) is 6.96. The first kappa shape index (κ1) is 56.4. The Balaban J connectivity index is 0.00000600. The van der Waals surface area contributed by atoms with Crippen LogP contribution in [0, 0.1) is 0 Å². The molecule has 0 saturated heterocycles. The van der Waals surface area contributed by atoms with Crippen LogP contribution in [-0.2, 0) is 56.9 Å². The minimum absolute atomic E-state index is 0. The molecule has 0 aliphatic carbocycles. The molecule has 0 bridgehead atoms. The summed E-state index contributed by atoms with van der Waals surface area (Å²) in [6, 6.07) is 16.6. The van der Waals surface area contributed by atoms with Gasteiger partial charge in [0.15, 0.2) is 44.3 Å². The van der Waals surface area contributed by atoms with Gasteiger partial charge in [0, 0.05) is 11.3 Å². The molecule has 1 amide bonds. The van der Waals surface area contributed by atoms with Crippen molar-refractivity contribution in [3.8, 4) is 0 Å². The number of hydrogen-bond donors (Lipinski definition) is 3. The van der Waals surface area contributed by atoms with Crippen LogP contribution in [-0.4, -0.2) is 60.4 Å². The second-order valence-electron chi connectivity index (χ2n) is 10.6. The van der Waals surface area contributed by atoms with Crippen molar-refractivity contribution in [3.05, 3.63) is 84.4 Å². The van der Waals surface area contributed by atoms with Crippen LogP contribution in [0.1, 0.15) is 10.4 Å². The molecular weight excluding hydrogens is 932 g/mol. The summed E-state index contributed by atoms with van der Waals surface area (Å²) in [6.07, 6.45) is 0. The van der Waals surface area contributed by atoms with Crippen molar-refractivity contribution in [1.29, 1.82) is 0 Å². The third kappa shape index (κ3) is 17.1. The molecule has 5 N–H and O–H groups in total. The number of amides is 1. The zero-order valence-electron chi connectivity index (χ0n) is 31.4. The van der Waals surface area contributed by atoms with Crippen LogP contribution < -0.4 is 116 Å². The van der Waals surface area contributed by atoms with Gasteiger partial charge in [-0.3, -0.25) is 23.2 Å². The summed E-state index contributed by atoms with van der Waals surface area (Å²) in [7, 11) is -12.9. The number of benzene rings is 4. The molecule has 0 atom stereocenters. The normalized spacial score (nSPS) is 11.8. The number of nitrogens with one attached hydrogen (secondary N) is 1. The van der Waals surface area contributed by atoms with Crippen LogP contribution in [0.5, 0.6) is 0 Å². The van der Waals surface area contributed by atoms with Crippen LogP contribution in [0.4, 0.5) is 39.8 Å². The fraction of sp³-hybridized carbons (Fsp3) is 0.138. The number of nitrogens with zero attached hydrogens (tertiary/aromatic N) is 4. The number of azo groups is 2. The molecule has 60 heavy (non-hydrogen) atoms. The average Bonchev–Trinajstić information content (AvgIpc) is 3.17. The standard InChI is InChI=1S/C29H29N7O16S5.3Na/c30-26-24(35-33-19-7-9-22(10-8-19)55(40,41)13-11-47-53-51-49-38)17-25(57(44,45)46)27(31)28(26)36-34-21-5-1-3-18(15-21)29(37)32-20-4-2-6-23(16-20)56(42,43)14-12-48-54-52-50-39;;;/h1-10,15-17,38-39H,11-14,30-31H2,(H,32,37)(H,44,45,46);;;/q;3*+1/p-3. The van der Waals surface area contributed by atoms with Gasteiger partial charge in [0.25, 0.3) is 5.91 Å². The third-order valence-corrected chi connectivity index (χ3v) is 12.0. The summed E-state index contributed by atoms with van der Waals surface area (Å²) >= 11 is 0.308. The minimum atomic E-state index is -5.22. The van der Waals surface area contributed by atoms with Gasteiger partial charge in [0.05, 0.1) is 62.2 Å². The molecule has 0 radical (unpaired) electrons. The van der Waals surface area contributed by atoms with Crippen molar-refractivity contribution in [2.75, 3.05) is 41.5 Å². The van der Waals surface area contributed by atoms with Gasteiger partial charge in [-0.25, -0.2) is 25.3 Å². The number of carbonyl (C=O) groups is 1. The Morgan fingerprint density at radius 1 is 0.667 bits per heavy atom. The summed E-state index contributed by atoms with van der Waals surface area (Å²) in [6.45, 7) is -0.693. The van der Waals surface area contributed by atoms with Gasteiger partial charge in [-0.1, -0.05) is 12.1 Å². The van der Waals surface area contributed by atoms with Gasteiger partial charge < -0.3 is 31.9 Å². The summed E-state index contributed by atoms with van der Waals surface area (Å²) in [5, 5.41) is 44.0. The van der Waals surface area contributed by atoms with E-state index in [0.717, 1.165) is 6.07 Å². The predicted octanol–water partition coefficient (Wildman–Crippen LogP) is -6.00. The van der Waals surface area contributed by atoms with Crippen LogP contribution in [0.15, 0.2) is 114 Å². The molecule has 0 aliphatic rings. The van der Waals surface area contributed by atoms with Crippen molar-refractivity contribution in [1.82, 2.24) is 0 Å². The van der Waals surface area contributed by atoms with Gasteiger partial charge in [-0.05, 0) is 66.7 Å². The maximum absolute atomic E-state index is 13.1. The van der Waals surface area contributed by atoms with Gasteiger partial charge >= 0.3 is 88.7 Å². The molecule has 23 nitrogen and oxygen atoms in total. The zero-order chi connectivity index (χ0) is 41.6. The van der Waals surface area contributed by atoms with Crippen LogP contribution in [0.25, 0.3) is 0 Å². The van der Waals surface area contributed by atoms with Gasteiger partial charge in [0.2, 0.25) is 0 Å². The van der Waals surface area contributed by atoms with E-state index in [-0.39, 0.29) is 170 Å². The maximum atomic E-state index is 13.1. The minimum Gasteiger partial charge on any atom is -0.744 e. The molecule has 0 spiro atoms. The quantitative estimate of drug-likeness (QED) is 0.0102. The SMILES string of the molecule is Nc1c(N=Nc2ccc(S(=O)(=O)CCOSOO[O-])cc2)cc(S(=O)(=O)[O-])c(N)c1N=Nc1cccc(C(=O)Nc2cccc(S(=O)(=O)CCOSOO[O-])c2)c1.[Na+].[Na+].[Na+]. The molecule has 306 valence electrons. The van der Waals surface area contributed by atoms with Crippen molar-refractivity contribution < 1.29 is 161 Å². The first-order chi connectivity index (χ1) is 27.1. The number of nitrogens with two attached hydrogens (primary N) is 2. The zero-order valence-corrected chi connectivity index (χ0v) is 41.4. The van der Waals surface area contributed by atoms with E-state index in [2.05, 4.69) is 44.5 Å². The van der Waals surface area contributed by atoms with E-state index in [9.17, 15) is 45.1 Å². The first-order valence-electron chi connectivity index (χ1n) is 15.1. The van der Waals surface area contributed by atoms with E-state index in [1.807, 2.05) is 0 Å². The fourth-order valence-electron chi connectivity index (χ4n) is 4.33. The van der Waals surface area contributed by atoms with E-state index < -0.39 is 63.5 Å². The second-order valence-corrected chi connectivity index (χ2v) is 17.2. The topological polar surface area (TPSA) is 358 Å². The predicted molar refractivity (Wildman–Crippen MR) is 194 cm³/mol. The largest absolute Gasteiger partial charge is 1.00 e. The van der Waals surface area contributed by atoms with Crippen LogP contribution in [0.3, 0.4) is 0 Å². The molecule has 0 unspecified atom stereocenters. The molecule has 0 saturated carbocycles. The number of rotatable bonds is 21. The summed E-state index contributed by atoms with van der Waals surface area (Å²) in [4.78, 5) is 11.9. The molecular formula is C29H26N7Na3O16S5. The molecule has 4 rings (SSSR count). The molecule has 0 aliphatic heterocycles. The van der Waals surface area contributed by atoms with E-state index >= 15 is 0 Å². The van der Waals surface area contributed by atoms with E-state index in [4.69, 9.17) is 19.8 Å². The number of carbonyl (C=O) groups excluding carboxylic acids is 1. The molecule has 4 aromatic carbocycles. The Morgan fingerprint density at radius 3 is 1.82 bits per heavy atom. The molecule has 0 fully saturated rings.